The van der Waals surface area contributed by atoms with Gasteiger partial charge in [-0.3, -0.25) is 9.59 Å². The van der Waals surface area contributed by atoms with Gasteiger partial charge >= 0.3 is 0 Å². The molecule has 0 radical (unpaired) electrons. The Kier molecular flexibility index (Phi) is 5.08. The van der Waals surface area contributed by atoms with Crippen LogP contribution in [-0.4, -0.2) is 21.5 Å². The SMILES string of the molecule is Cc1ccc(NC(=O)c2cnn3c2NC2=C(C(=O)CCC2)[C@H]3c2ccc(F)c(F)c2)cc1C. The summed E-state index contributed by atoms with van der Waals surface area (Å²) >= 11 is 0. The number of rotatable bonds is 3. The smallest absolute Gasteiger partial charge is 0.261 e. The van der Waals surface area contributed by atoms with Crippen LogP contribution in [0, 0.1) is 25.5 Å². The quantitative estimate of drug-likeness (QED) is 0.588. The minimum atomic E-state index is -1.00. The van der Waals surface area contributed by atoms with Crippen LogP contribution in [-0.2, 0) is 4.79 Å². The molecule has 2 heterocycles. The fourth-order valence-electron chi connectivity index (χ4n) is 4.43. The second kappa shape index (κ2) is 7.95. The highest BCUT2D eigenvalue weighted by Gasteiger charge is 2.37. The van der Waals surface area contributed by atoms with E-state index < -0.39 is 17.7 Å². The van der Waals surface area contributed by atoms with Gasteiger partial charge in [0, 0.05) is 23.4 Å². The molecule has 0 bridgehead atoms. The van der Waals surface area contributed by atoms with Crippen molar-refractivity contribution in [3.8, 4) is 0 Å². The topological polar surface area (TPSA) is 76.0 Å². The fourth-order valence-corrected chi connectivity index (χ4v) is 4.43. The third-order valence-electron chi connectivity index (χ3n) is 6.31. The van der Waals surface area contributed by atoms with Crippen molar-refractivity contribution >= 4 is 23.2 Å². The van der Waals surface area contributed by atoms with E-state index in [9.17, 15) is 18.4 Å². The van der Waals surface area contributed by atoms with Crippen molar-refractivity contribution in [2.75, 3.05) is 10.6 Å². The number of aryl methyl sites for hydroxylation is 2. The maximum absolute atomic E-state index is 14.1. The number of amides is 1. The Hall–Kier alpha value is -3.81. The number of aromatic nitrogens is 2. The van der Waals surface area contributed by atoms with E-state index in [0.717, 1.165) is 23.3 Å². The van der Waals surface area contributed by atoms with Crippen LogP contribution < -0.4 is 10.6 Å². The van der Waals surface area contributed by atoms with Gasteiger partial charge in [0.1, 0.15) is 17.4 Å². The van der Waals surface area contributed by atoms with E-state index in [2.05, 4.69) is 15.7 Å². The van der Waals surface area contributed by atoms with E-state index in [-0.39, 0.29) is 11.7 Å². The van der Waals surface area contributed by atoms with Crippen molar-refractivity contribution in [2.24, 2.45) is 0 Å². The van der Waals surface area contributed by atoms with Gasteiger partial charge in [-0.05, 0) is 67.6 Å². The molecule has 3 aromatic rings. The van der Waals surface area contributed by atoms with Crippen LogP contribution in [0.2, 0.25) is 0 Å². The van der Waals surface area contributed by atoms with Gasteiger partial charge in [-0.25, -0.2) is 13.5 Å². The van der Waals surface area contributed by atoms with Crippen LogP contribution >= 0.6 is 0 Å². The summed E-state index contributed by atoms with van der Waals surface area (Å²) in [4.78, 5) is 25.9. The van der Waals surface area contributed by atoms with Gasteiger partial charge in [0.05, 0.1) is 6.20 Å². The number of allylic oxidation sites excluding steroid dienone is 2. The maximum atomic E-state index is 14.1. The van der Waals surface area contributed by atoms with Crippen LogP contribution in [0.1, 0.15) is 52.4 Å². The molecule has 5 rings (SSSR count). The molecular weight excluding hydrogens is 426 g/mol. The highest BCUT2D eigenvalue weighted by molar-refractivity contribution is 6.08. The lowest BCUT2D eigenvalue weighted by Crippen LogP contribution is -2.32. The molecular formula is C25H22F2N4O2. The normalized spacial score (nSPS) is 17.3. The minimum Gasteiger partial charge on any atom is -0.343 e. The molecule has 6 nitrogen and oxygen atoms in total. The fraction of sp³-hybridized carbons (Fsp3) is 0.240. The van der Waals surface area contributed by atoms with Crippen LogP contribution in [0.4, 0.5) is 20.3 Å². The molecule has 1 aliphatic heterocycles. The number of ketones is 1. The average molecular weight is 448 g/mol. The molecule has 2 aliphatic rings. The predicted octanol–water partition coefficient (Wildman–Crippen LogP) is 5.05. The molecule has 168 valence electrons. The Morgan fingerprint density at radius 1 is 1.09 bits per heavy atom. The van der Waals surface area contributed by atoms with Crippen LogP contribution in [0.25, 0.3) is 0 Å². The largest absolute Gasteiger partial charge is 0.343 e. The molecule has 0 unspecified atom stereocenters. The second-order valence-corrected chi connectivity index (χ2v) is 8.47. The number of nitrogens with one attached hydrogen (secondary N) is 2. The number of hydrogen-bond acceptors (Lipinski definition) is 4. The van der Waals surface area contributed by atoms with Crippen molar-refractivity contribution in [3.05, 3.63) is 87.8 Å². The molecule has 1 amide bonds. The first-order chi connectivity index (χ1) is 15.8. The molecule has 1 atom stereocenters. The number of benzene rings is 2. The molecule has 2 aromatic carbocycles. The van der Waals surface area contributed by atoms with E-state index in [0.29, 0.717) is 53.2 Å². The molecule has 2 N–H and O–H groups in total. The molecule has 0 fully saturated rings. The Bertz CT molecular complexity index is 1340. The first kappa shape index (κ1) is 21.1. The summed E-state index contributed by atoms with van der Waals surface area (Å²) < 4.78 is 29.2. The molecule has 8 heteroatoms. The summed E-state index contributed by atoms with van der Waals surface area (Å²) in [5.41, 5.74) is 4.68. The highest BCUT2D eigenvalue weighted by Crippen LogP contribution is 2.41. The zero-order chi connectivity index (χ0) is 23.3. The van der Waals surface area contributed by atoms with Crippen molar-refractivity contribution in [3.63, 3.8) is 0 Å². The molecule has 1 aromatic heterocycles. The number of carbonyl (C=O) groups is 2. The first-order valence-electron chi connectivity index (χ1n) is 10.8. The predicted molar refractivity (Wildman–Crippen MR) is 120 cm³/mol. The van der Waals surface area contributed by atoms with E-state index >= 15 is 0 Å². The summed E-state index contributed by atoms with van der Waals surface area (Å²) in [6.07, 6.45) is 3.09. The van der Waals surface area contributed by atoms with Crippen LogP contribution in [0.15, 0.2) is 53.9 Å². The lowest BCUT2D eigenvalue weighted by Gasteiger charge is -2.33. The monoisotopic (exact) mass is 448 g/mol. The van der Waals surface area contributed by atoms with Gasteiger partial charge in [0.25, 0.3) is 5.91 Å². The summed E-state index contributed by atoms with van der Waals surface area (Å²) in [5.74, 6) is -1.98. The van der Waals surface area contributed by atoms with E-state index in [1.165, 1.54) is 16.9 Å². The Balaban J connectivity index is 1.57. The minimum absolute atomic E-state index is 0.0687. The Labute approximate surface area is 189 Å². The lowest BCUT2D eigenvalue weighted by molar-refractivity contribution is -0.116. The molecule has 1 aliphatic carbocycles. The summed E-state index contributed by atoms with van der Waals surface area (Å²) in [6.45, 7) is 3.96. The summed E-state index contributed by atoms with van der Waals surface area (Å²) in [7, 11) is 0. The van der Waals surface area contributed by atoms with E-state index in [1.54, 1.807) is 0 Å². The maximum Gasteiger partial charge on any atom is 0.261 e. The van der Waals surface area contributed by atoms with Crippen molar-refractivity contribution < 1.29 is 18.4 Å². The van der Waals surface area contributed by atoms with E-state index in [4.69, 9.17) is 0 Å². The summed E-state index contributed by atoms with van der Waals surface area (Å²) in [5, 5.41) is 10.5. The lowest BCUT2D eigenvalue weighted by atomic mass is 9.85. The zero-order valence-electron chi connectivity index (χ0n) is 18.2. The van der Waals surface area contributed by atoms with Crippen molar-refractivity contribution in [2.45, 2.75) is 39.2 Å². The highest BCUT2D eigenvalue weighted by atomic mass is 19.2. The van der Waals surface area contributed by atoms with Gasteiger partial charge in [0.15, 0.2) is 17.4 Å². The Morgan fingerprint density at radius 2 is 1.91 bits per heavy atom. The van der Waals surface area contributed by atoms with E-state index in [1.807, 2.05) is 32.0 Å². The molecule has 0 saturated heterocycles. The van der Waals surface area contributed by atoms with Gasteiger partial charge < -0.3 is 10.6 Å². The number of fused-ring (bicyclic) bond motifs is 1. The number of Topliss-reactive ketones (excluding diaryl/α,β-unsaturated/α-hetero) is 1. The van der Waals surface area contributed by atoms with Gasteiger partial charge in [-0.1, -0.05) is 12.1 Å². The standard InChI is InChI=1S/C25H22F2N4O2/c1-13-6-8-16(10-14(13)2)29-25(33)17-12-28-31-23(15-7-9-18(26)19(27)11-15)22-20(30-24(17)31)4-3-5-21(22)32/h6-12,23,30H,3-5H2,1-2H3,(H,29,33)/t23-/m1/s1. The van der Waals surface area contributed by atoms with Crippen LogP contribution in [0.5, 0.6) is 0 Å². The molecule has 33 heavy (non-hydrogen) atoms. The third-order valence-corrected chi connectivity index (χ3v) is 6.31. The summed E-state index contributed by atoms with van der Waals surface area (Å²) in [6, 6.07) is 8.47. The number of anilines is 2. The first-order valence-corrected chi connectivity index (χ1v) is 10.8. The third kappa shape index (κ3) is 3.61. The average Bonchev–Trinajstić information content (AvgIpc) is 3.21. The van der Waals surface area contributed by atoms with Gasteiger partial charge in [-0.2, -0.15) is 5.10 Å². The van der Waals surface area contributed by atoms with Gasteiger partial charge in [-0.15, -0.1) is 0 Å². The van der Waals surface area contributed by atoms with Crippen molar-refractivity contribution in [1.29, 1.82) is 0 Å². The number of nitrogens with zero attached hydrogens (tertiary/aromatic N) is 2. The molecule has 0 saturated carbocycles. The number of hydrogen-bond donors (Lipinski definition) is 2. The Morgan fingerprint density at radius 3 is 2.67 bits per heavy atom. The second-order valence-electron chi connectivity index (χ2n) is 8.47. The van der Waals surface area contributed by atoms with Crippen LogP contribution in [0.3, 0.4) is 0 Å². The zero-order valence-corrected chi connectivity index (χ0v) is 18.2. The van der Waals surface area contributed by atoms with Crippen molar-refractivity contribution in [1.82, 2.24) is 9.78 Å². The number of halogens is 2. The molecule has 0 spiro atoms. The van der Waals surface area contributed by atoms with Gasteiger partial charge in [0.2, 0.25) is 0 Å². The number of carbonyl (C=O) groups excluding carboxylic acids is 2.